The first kappa shape index (κ1) is 21.8. The van der Waals surface area contributed by atoms with Gasteiger partial charge in [0.2, 0.25) is 11.8 Å². The molecule has 31 heavy (non-hydrogen) atoms. The molecule has 1 atom stereocenters. The van der Waals surface area contributed by atoms with Gasteiger partial charge in [-0.05, 0) is 48.4 Å². The number of likely N-dealkylation sites (tertiary alicyclic amines) is 1. The third kappa shape index (κ3) is 5.86. The standard InChI is InChI=1S/C25H30ClN3O2/c26-22-8-6-18(7-9-22)14-23(28-25(31)21-16-27-17-21)15-24(30)29-12-10-20(11-13-29)19-4-2-1-3-5-19/h1-9,20-21,23,27H,10-17H2,(H,28,31)/t23-/m1/s1. The van der Waals surface area contributed by atoms with E-state index in [9.17, 15) is 9.59 Å². The Labute approximate surface area is 189 Å². The van der Waals surface area contributed by atoms with Crippen LogP contribution in [0.2, 0.25) is 5.02 Å². The molecule has 2 aliphatic heterocycles. The van der Waals surface area contributed by atoms with Gasteiger partial charge in [-0.1, -0.05) is 54.1 Å². The molecule has 0 unspecified atom stereocenters. The van der Waals surface area contributed by atoms with Crippen LogP contribution >= 0.6 is 11.6 Å². The average molecular weight is 440 g/mol. The van der Waals surface area contributed by atoms with Crippen LogP contribution in [0.3, 0.4) is 0 Å². The van der Waals surface area contributed by atoms with Crippen molar-refractivity contribution in [2.24, 2.45) is 5.92 Å². The molecule has 0 aromatic heterocycles. The lowest BCUT2D eigenvalue weighted by molar-refractivity contribution is -0.133. The second-order valence-corrected chi connectivity index (χ2v) is 9.10. The monoisotopic (exact) mass is 439 g/mol. The van der Waals surface area contributed by atoms with Gasteiger partial charge < -0.3 is 15.5 Å². The summed E-state index contributed by atoms with van der Waals surface area (Å²) in [7, 11) is 0. The van der Waals surface area contributed by atoms with Gasteiger partial charge in [-0.2, -0.15) is 0 Å². The maximum atomic E-state index is 13.1. The molecular formula is C25H30ClN3O2. The topological polar surface area (TPSA) is 61.4 Å². The van der Waals surface area contributed by atoms with Gasteiger partial charge in [0.1, 0.15) is 0 Å². The summed E-state index contributed by atoms with van der Waals surface area (Å²) in [5.74, 6) is 0.677. The highest BCUT2D eigenvalue weighted by Crippen LogP contribution is 2.28. The molecule has 0 saturated carbocycles. The molecule has 0 spiro atoms. The molecule has 2 fully saturated rings. The van der Waals surface area contributed by atoms with Gasteiger partial charge in [-0.15, -0.1) is 0 Å². The Kier molecular flexibility index (Phi) is 7.25. The lowest BCUT2D eigenvalue weighted by Gasteiger charge is -2.34. The van der Waals surface area contributed by atoms with Crippen LogP contribution < -0.4 is 10.6 Å². The SMILES string of the molecule is O=C(N[C@@H](CC(=O)N1CCC(c2ccccc2)CC1)Cc1ccc(Cl)cc1)C1CNC1. The molecule has 2 aromatic carbocycles. The molecule has 2 aromatic rings. The van der Waals surface area contributed by atoms with E-state index >= 15 is 0 Å². The average Bonchev–Trinajstić information content (AvgIpc) is 2.75. The summed E-state index contributed by atoms with van der Waals surface area (Å²) in [4.78, 5) is 27.6. The van der Waals surface area contributed by atoms with Crippen molar-refractivity contribution in [3.63, 3.8) is 0 Å². The van der Waals surface area contributed by atoms with Crippen molar-refractivity contribution < 1.29 is 9.59 Å². The number of halogens is 1. The van der Waals surface area contributed by atoms with E-state index in [0.717, 1.165) is 31.5 Å². The molecule has 0 aliphatic carbocycles. The molecule has 5 nitrogen and oxygen atoms in total. The van der Waals surface area contributed by atoms with Gasteiger partial charge in [0.25, 0.3) is 0 Å². The van der Waals surface area contributed by atoms with E-state index in [-0.39, 0.29) is 23.8 Å². The van der Waals surface area contributed by atoms with Crippen molar-refractivity contribution in [2.45, 2.75) is 37.6 Å². The largest absolute Gasteiger partial charge is 0.352 e. The minimum absolute atomic E-state index is 0.00411. The summed E-state index contributed by atoms with van der Waals surface area (Å²) in [6, 6.07) is 18.0. The van der Waals surface area contributed by atoms with E-state index in [2.05, 4.69) is 34.9 Å². The van der Waals surface area contributed by atoms with Crippen molar-refractivity contribution in [2.75, 3.05) is 26.2 Å². The van der Waals surface area contributed by atoms with Crippen LogP contribution in [0.25, 0.3) is 0 Å². The maximum absolute atomic E-state index is 13.1. The van der Waals surface area contributed by atoms with Gasteiger partial charge in [-0.3, -0.25) is 9.59 Å². The Morgan fingerprint density at radius 3 is 2.32 bits per heavy atom. The summed E-state index contributed by atoms with van der Waals surface area (Å²) in [5, 5.41) is 6.94. The highest BCUT2D eigenvalue weighted by atomic mass is 35.5. The number of rotatable bonds is 7. The minimum atomic E-state index is -0.214. The van der Waals surface area contributed by atoms with Crippen molar-refractivity contribution in [3.05, 3.63) is 70.7 Å². The van der Waals surface area contributed by atoms with Crippen molar-refractivity contribution >= 4 is 23.4 Å². The van der Waals surface area contributed by atoms with Crippen molar-refractivity contribution in [1.82, 2.24) is 15.5 Å². The molecule has 2 amide bonds. The van der Waals surface area contributed by atoms with Crippen LogP contribution in [-0.2, 0) is 16.0 Å². The molecule has 0 bridgehead atoms. The molecule has 164 valence electrons. The highest BCUT2D eigenvalue weighted by Gasteiger charge is 2.29. The van der Waals surface area contributed by atoms with Gasteiger partial charge in [-0.25, -0.2) is 0 Å². The molecule has 2 saturated heterocycles. The van der Waals surface area contributed by atoms with E-state index in [1.54, 1.807) is 0 Å². The first-order chi connectivity index (χ1) is 15.1. The number of benzene rings is 2. The van der Waals surface area contributed by atoms with Gasteiger partial charge in [0.05, 0.1) is 5.92 Å². The molecule has 0 radical (unpaired) electrons. The summed E-state index contributed by atoms with van der Waals surface area (Å²) in [6.07, 6.45) is 2.91. The molecule has 2 N–H and O–H groups in total. The number of carbonyl (C=O) groups is 2. The van der Waals surface area contributed by atoms with Crippen LogP contribution in [-0.4, -0.2) is 48.9 Å². The van der Waals surface area contributed by atoms with E-state index in [0.29, 0.717) is 36.9 Å². The Morgan fingerprint density at radius 2 is 1.71 bits per heavy atom. The Morgan fingerprint density at radius 1 is 1.03 bits per heavy atom. The third-order valence-electron chi connectivity index (χ3n) is 6.43. The van der Waals surface area contributed by atoms with Crippen LogP contribution in [0.5, 0.6) is 0 Å². The third-order valence-corrected chi connectivity index (χ3v) is 6.69. The van der Waals surface area contributed by atoms with Crippen molar-refractivity contribution in [1.29, 1.82) is 0 Å². The smallest absolute Gasteiger partial charge is 0.225 e. The lowest BCUT2D eigenvalue weighted by Crippen LogP contribution is -2.53. The number of amides is 2. The second-order valence-electron chi connectivity index (χ2n) is 8.66. The van der Waals surface area contributed by atoms with Crippen LogP contribution in [0, 0.1) is 5.92 Å². The van der Waals surface area contributed by atoms with E-state index in [1.807, 2.05) is 35.2 Å². The predicted octanol–water partition coefficient (Wildman–Crippen LogP) is 3.38. The fourth-order valence-electron chi connectivity index (χ4n) is 4.40. The number of nitrogens with zero attached hydrogens (tertiary/aromatic N) is 1. The summed E-state index contributed by atoms with van der Waals surface area (Å²) >= 11 is 6.00. The fourth-order valence-corrected chi connectivity index (χ4v) is 4.53. The minimum Gasteiger partial charge on any atom is -0.352 e. The van der Waals surface area contributed by atoms with E-state index in [1.165, 1.54) is 5.56 Å². The normalized spacial score (nSPS) is 18.3. The van der Waals surface area contributed by atoms with Crippen molar-refractivity contribution in [3.8, 4) is 0 Å². The van der Waals surface area contributed by atoms with E-state index in [4.69, 9.17) is 11.6 Å². The number of carbonyl (C=O) groups excluding carboxylic acids is 2. The summed E-state index contributed by atoms with van der Waals surface area (Å²) in [5.41, 5.74) is 2.42. The fraction of sp³-hybridized carbons (Fsp3) is 0.440. The highest BCUT2D eigenvalue weighted by molar-refractivity contribution is 6.30. The Balaban J connectivity index is 1.35. The zero-order chi connectivity index (χ0) is 21.6. The van der Waals surface area contributed by atoms with Gasteiger partial charge >= 0.3 is 0 Å². The molecule has 2 heterocycles. The van der Waals surface area contributed by atoms with Crippen LogP contribution in [0.1, 0.15) is 36.3 Å². The molecule has 2 aliphatic rings. The maximum Gasteiger partial charge on any atom is 0.225 e. The van der Waals surface area contributed by atoms with Gasteiger partial charge in [0.15, 0.2) is 0 Å². The number of hydrogen-bond acceptors (Lipinski definition) is 3. The molecular weight excluding hydrogens is 410 g/mol. The lowest BCUT2D eigenvalue weighted by atomic mass is 9.89. The van der Waals surface area contributed by atoms with Gasteiger partial charge in [0, 0.05) is 43.7 Å². The summed E-state index contributed by atoms with van der Waals surface area (Å²) < 4.78 is 0. The second kappa shape index (κ2) is 10.3. The first-order valence-electron chi connectivity index (χ1n) is 11.2. The summed E-state index contributed by atoms with van der Waals surface area (Å²) in [6.45, 7) is 2.96. The zero-order valence-electron chi connectivity index (χ0n) is 17.7. The molecule has 6 heteroatoms. The molecule has 4 rings (SSSR count). The number of hydrogen-bond donors (Lipinski definition) is 2. The number of piperidine rings is 1. The predicted molar refractivity (Wildman–Crippen MR) is 123 cm³/mol. The quantitative estimate of drug-likeness (QED) is 0.695. The zero-order valence-corrected chi connectivity index (χ0v) is 18.5. The van der Waals surface area contributed by atoms with E-state index < -0.39 is 0 Å². The Hall–Kier alpha value is -2.37. The van der Waals surface area contributed by atoms with Crippen LogP contribution in [0.15, 0.2) is 54.6 Å². The number of nitrogens with one attached hydrogen (secondary N) is 2. The Bertz CT molecular complexity index is 875. The van der Waals surface area contributed by atoms with Crippen LogP contribution in [0.4, 0.5) is 0 Å². The first-order valence-corrected chi connectivity index (χ1v) is 11.5.